The van der Waals surface area contributed by atoms with Gasteiger partial charge in [0.2, 0.25) is 0 Å². The van der Waals surface area contributed by atoms with Crippen LogP contribution in [0.5, 0.6) is 0 Å². The van der Waals surface area contributed by atoms with E-state index >= 15 is 0 Å². The van der Waals surface area contributed by atoms with Crippen LogP contribution < -0.4 is 22.5 Å². The molecule has 0 radical (unpaired) electrons. The predicted molar refractivity (Wildman–Crippen MR) is 96.0 cm³/mol. The van der Waals surface area contributed by atoms with E-state index in [1.54, 1.807) is 0 Å². The van der Waals surface area contributed by atoms with Gasteiger partial charge in [-0.1, -0.05) is 0 Å². The molecule has 1 atom stereocenters. The van der Waals surface area contributed by atoms with E-state index in [1.165, 1.54) is 0 Å². The highest BCUT2D eigenvalue weighted by molar-refractivity contribution is 6.01. The number of benzene rings is 1. The minimum Gasteiger partial charge on any atom is -0.383 e. The van der Waals surface area contributed by atoms with Crippen LogP contribution in [0, 0.1) is 6.92 Å². The lowest BCUT2D eigenvalue weighted by atomic mass is 10.1. The Morgan fingerprint density at radius 3 is 2.83 bits per heavy atom. The van der Waals surface area contributed by atoms with Crippen molar-refractivity contribution in [1.29, 1.82) is 0 Å². The molecule has 0 saturated carbocycles. The first-order valence-corrected chi connectivity index (χ1v) is 7.96. The number of aliphatic imine (C=N–C) groups is 1. The van der Waals surface area contributed by atoms with Crippen LogP contribution in [0.4, 0.5) is 0 Å². The molecule has 1 aliphatic heterocycles. The second kappa shape index (κ2) is 6.40. The SMILES string of the molecule is CNC1CCN(C(/N=C(\N)c2ccc3n[nH]c(C)c3c2)=C(N)N)C1. The molecule has 0 aliphatic carbocycles. The molecule has 128 valence electrons. The van der Waals surface area contributed by atoms with Gasteiger partial charge in [0.1, 0.15) is 11.7 Å². The van der Waals surface area contributed by atoms with Crippen LogP contribution >= 0.6 is 0 Å². The zero-order chi connectivity index (χ0) is 17.3. The fourth-order valence-corrected chi connectivity index (χ4v) is 2.98. The Hall–Kier alpha value is -2.74. The van der Waals surface area contributed by atoms with Crippen LogP contribution in [-0.4, -0.2) is 47.1 Å². The summed E-state index contributed by atoms with van der Waals surface area (Å²) in [5.74, 6) is 1.10. The molecule has 2 aromatic rings. The summed E-state index contributed by atoms with van der Waals surface area (Å²) in [5, 5.41) is 11.5. The highest BCUT2D eigenvalue weighted by atomic mass is 15.3. The molecule has 24 heavy (non-hydrogen) atoms. The van der Waals surface area contributed by atoms with E-state index in [0.29, 0.717) is 17.7 Å². The van der Waals surface area contributed by atoms with Gasteiger partial charge in [-0.3, -0.25) is 5.10 Å². The van der Waals surface area contributed by atoms with E-state index in [4.69, 9.17) is 17.2 Å². The number of amidine groups is 1. The van der Waals surface area contributed by atoms with Crippen molar-refractivity contribution in [1.82, 2.24) is 20.4 Å². The van der Waals surface area contributed by atoms with E-state index in [2.05, 4.69) is 25.4 Å². The van der Waals surface area contributed by atoms with Crippen molar-refractivity contribution >= 4 is 16.7 Å². The zero-order valence-electron chi connectivity index (χ0n) is 14.0. The lowest BCUT2D eigenvalue weighted by Gasteiger charge is -2.20. The second-order valence-electron chi connectivity index (χ2n) is 6.08. The molecule has 0 bridgehead atoms. The number of aromatic nitrogens is 2. The zero-order valence-corrected chi connectivity index (χ0v) is 14.0. The minimum absolute atomic E-state index is 0.176. The van der Waals surface area contributed by atoms with Crippen LogP contribution in [0.2, 0.25) is 0 Å². The Bertz CT molecular complexity index is 800. The molecule has 1 aromatic heterocycles. The standard InChI is InChI=1S/C16H24N8/c1-9-12-7-10(3-4-13(12)23-22-9)15(19)21-16(14(17)18)24-6-5-11(8-24)20-2/h3-4,7,11,20H,5-6,8,17-18H2,1-2H3,(H2,19,21)(H,22,23). The van der Waals surface area contributed by atoms with Crippen molar-refractivity contribution in [2.45, 2.75) is 19.4 Å². The first kappa shape index (κ1) is 16.1. The first-order valence-electron chi connectivity index (χ1n) is 7.96. The number of hydrogen-bond donors (Lipinski definition) is 5. The molecule has 8 nitrogen and oxygen atoms in total. The van der Waals surface area contributed by atoms with E-state index in [-0.39, 0.29) is 5.82 Å². The molecule has 1 unspecified atom stereocenters. The van der Waals surface area contributed by atoms with Crippen LogP contribution in [-0.2, 0) is 0 Å². The lowest BCUT2D eigenvalue weighted by molar-refractivity contribution is 0.402. The van der Waals surface area contributed by atoms with E-state index in [9.17, 15) is 0 Å². The number of likely N-dealkylation sites (N-methyl/N-ethyl adjacent to an activating group) is 1. The smallest absolute Gasteiger partial charge is 0.171 e. The average molecular weight is 328 g/mol. The molecule has 0 spiro atoms. The molecule has 8 N–H and O–H groups in total. The number of aromatic amines is 1. The summed E-state index contributed by atoms with van der Waals surface area (Å²) in [4.78, 5) is 6.57. The second-order valence-corrected chi connectivity index (χ2v) is 6.08. The Kier molecular flexibility index (Phi) is 4.30. The fourth-order valence-electron chi connectivity index (χ4n) is 2.98. The van der Waals surface area contributed by atoms with Crippen molar-refractivity contribution in [3.05, 3.63) is 41.1 Å². The molecular formula is C16H24N8. The molecule has 2 heterocycles. The Balaban J connectivity index is 1.91. The van der Waals surface area contributed by atoms with Crippen LogP contribution in [0.15, 0.2) is 34.8 Å². The minimum atomic E-state index is 0.176. The molecule has 3 rings (SSSR count). The summed E-state index contributed by atoms with van der Waals surface area (Å²) in [6, 6.07) is 6.18. The number of nitrogens with two attached hydrogens (primary N) is 3. The van der Waals surface area contributed by atoms with E-state index < -0.39 is 0 Å². The third-order valence-electron chi connectivity index (χ3n) is 4.42. The largest absolute Gasteiger partial charge is 0.383 e. The first-order chi connectivity index (χ1) is 11.5. The molecule has 1 fully saturated rings. The van der Waals surface area contributed by atoms with E-state index in [0.717, 1.165) is 41.7 Å². The number of rotatable bonds is 4. The van der Waals surface area contributed by atoms with Crippen LogP contribution in [0.1, 0.15) is 17.7 Å². The number of aryl methyl sites for hydroxylation is 1. The van der Waals surface area contributed by atoms with Gasteiger partial charge >= 0.3 is 0 Å². The maximum absolute atomic E-state index is 6.21. The third-order valence-corrected chi connectivity index (χ3v) is 4.42. The summed E-state index contributed by atoms with van der Waals surface area (Å²) in [7, 11) is 1.95. The van der Waals surface area contributed by atoms with Gasteiger partial charge in [-0.15, -0.1) is 0 Å². The maximum Gasteiger partial charge on any atom is 0.171 e. The molecule has 8 heteroatoms. The predicted octanol–water partition coefficient (Wildman–Crippen LogP) is -0.0857. The summed E-state index contributed by atoms with van der Waals surface area (Å²) in [5.41, 5.74) is 20.6. The van der Waals surface area contributed by atoms with Gasteiger partial charge in [-0.2, -0.15) is 5.10 Å². The summed E-state index contributed by atoms with van der Waals surface area (Å²) >= 11 is 0. The Labute approximate surface area is 140 Å². The number of likely N-dealkylation sites (tertiary alicyclic amines) is 1. The molecule has 1 aromatic carbocycles. The summed E-state index contributed by atoms with van der Waals surface area (Å²) in [6.07, 6.45) is 1.02. The highest BCUT2D eigenvalue weighted by Crippen LogP contribution is 2.20. The van der Waals surface area contributed by atoms with Gasteiger partial charge in [0, 0.05) is 35.8 Å². The van der Waals surface area contributed by atoms with Gasteiger partial charge in [0.25, 0.3) is 0 Å². The maximum atomic E-state index is 6.21. The Morgan fingerprint density at radius 2 is 2.17 bits per heavy atom. The number of H-pyrrole nitrogens is 1. The van der Waals surface area contributed by atoms with Gasteiger partial charge < -0.3 is 27.4 Å². The lowest BCUT2D eigenvalue weighted by Crippen LogP contribution is -2.32. The van der Waals surface area contributed by atoms with Crippen molar-refractivity contribution in [2.75, 3.05) is 20.1 Å². The van der Waals surface area contributed by atoms with Gasteiger partial charge in [-0.25, -0.2) is 4.99 Å². The van der Waals surface area contributed by atoms with Crippen molar-refractivity contribution < 1.29 is 0 Å². The molecular weight excluding hydrogens is 304 g/mol. The van der Waals surface area contributed by atoms with Crippen LogP contribution in [0.3, 0.4) is 0 Å². The number of fused-ring (bicyclic) bond motifs is 1. The summed E-state index contributed by atoms with van der Waals surface area (Å²) < 4.78 is 0. The quantitative estimate of drug-likeness (QED) is 0.393. The number of nitrogens with zero attached hydrogens (tertiary/aromatic N) is 3. The number of nitrogens with one attached hydrogen (secondary N) is 2. The average Bonchev–Trinajstić information content (AvgIpc) is 3.19. The summed E-state index contributed by atoms with van der Waals surface area (Å²) in [6.45, 7) is 3.62. The topological polar surface area (TPSA) is 134 Å². The third kappa shape index (κ3) is 3.00. The fraction of sp³-hybridized carbons (Fsp3) is 0.375. The van der Waals surface area contributed by atoms with Gasteiger partial charge in [0.15, 0.2) is 5.82 Å². The van der Waals surface area contributed by atoms with Gasteiger partial charge in [0.05, 0.1) is 5.52 Å². The van der Waals surface area contributed by atoms with Gasteiger partial charge in [-0.05, 0) is 38.6 Å². The Morgan fingerprint density at radius 1 is 1.38 bits per heavy atom. The molecule has 0 amide bonds. The van der Waals surface area contributed by atoms with E-state index in [1.807, 2.05) is 32.2 Å². The highest BCUT2D eigenvalue weighted by Gasteiger charge is 2.24. The molecule has 1 saturated heterocycles. The van der Waals surface area contributed by atoms with Crippen molar-refractivity contribution in [3.63, 3.8) is 0 Å². The van der Waals surface area contributed by atoms with Crippen molar-refractivity contribution in [3.8, 4) is 0 Å². The van der Waals surface area contributed by atoms with Crippen LogP contribution in [0.25, 0.3) is 10.9 Å². The number of hydrogen-bond acceptors (Lipinski definition) is 6. The normalized spacial score (nSPS) is 18.3. The monoisotopic (exact) mass is 328 g/mol. The van der Waals surface area contributed by atoms with Crippen molar-refractivity contribution in [2.24, 2.45) is 22.2 Å². The molecule has 1 aliphatic rings.